The minimum Gasteiger partial charge on any atom is -0.384 e. The molecule has 5 heteroatoms. The van der Waals surface area contributed by atoms with Gasteiger partial charge in [0.1, 0.15) is 11.6 Å². The maximum absolute atomic E-state index is 13.8. The highest BCUT2D eigenvalue weighted by Crippen LogP contribution is 2.31. The second-order valence-corrected chi connectivity index (χ2v) is 4.11. The summed E-state index contributed by atoms with van der Waals surface area (Å²) in [5.41, 5.74) is 7.67. The molecule has 0 aliphatic carbocycles. The second-order valence-electron chi connectivity index (χ2n) is 4.11. The van der Waals surface area contributed by atoms with Gasteiger partial charge >= 0.3 is 0 Å². The molecule has 0 saturated heterocycles. The maximum Gasteiger partial charge on any atom is 0.147 e. The molecule has 0 radical (unpaired) electrons. The lowest BCUT2D eigenvalue weighted by Crippen LogP contribution is -2.12. The van der Waals surface area contributed by atoms with E-state index in [4.69, 9.17) is 5.73 Å². The lowest BCUT2D eigenvalue weighted by Gasteiger charge is -2.17. The predicted molar refractivity (Wildman–Crippen MR) is 67.3 cm³/mol. The Morgan fingerprint density at radius 2 is 2.06 bits per heavy atom. The van der Waals surface area contributed by atoms with Crippen LogP contribution < -0.4 is 10.6 Å². The summed E-state index contributed by atoms with van der Waals surface area (Å²) in [7, 11) is 5.36. The van der Waals surface area contributed by atoms with Gasteiger partial charge in [0.15, 0.2) is 0 Å². The molecule has 0 unspecified atom stereocenters. The van der Waals surface area contributed by atoms with Crippen LogP contribution in [0.25, 0.3) is 11.3 Å². The Bertz CT molecular complexity index is 526. The van der Waals surface area contributed by atoms with Crippen molar-refractivity contribution >= 4 is 11.5 Å². The summed E-state index contributed by atoms with van der Waals surface area (Å²) >= 11 is 0. The molecule has 90 valence electrons. The van der Waals surface area contributed by atoms with Crippen molar-refractivity contribution in [2.24, 2.45) is 7.05 Å². The molecule has 0 aliphatic heterocycles. The van der Waals surface area contributed by atoms with Crippen LogP contribution in [-0.2, 0) is 7.05 Å². The number of rotatable bonds is 2. The van der Waals surface area contributed by atoms with Crippen LogP contribution in [0.15, 0.2) is 24.3 Å². The topological polar surface area (TPSA) is 47.1 Å². The SMILES string of the molecule is CN(C)c1c(F)cccc1-c1cc(N)n(C)n1. The highest BCUT2D eigenvalue weighted by molar-refractivity contribution is 5.77. The predicted octanol–water partition coefficient (Wildman–Crippen LogP) is 1.87. The van der Waals surface area contributed by atoms with E-state index >= 15 is 0 Å². The van der Waals surface area contributed by atoms with Crippen molar-refractivity contribution in [3.8, 4) is 11.3 Å². The van der Waals surface area contributed by atoms with Crippen molar-refractivity contribution in [2.45, 2.75) is 0 Å². The van der Waals surface area contributed by atoms with Crippen LogP contribution in [0.2, 0.25) is 0 Å². The van der Waals surface area contributed by atoms with Crippen molar-refractivity contribution < 1.29 is 4.39 Å². The van der Waals surface area contributed by atoms with Crippen molar-refractivity contribution in [3.05, 3.63) is 30.1 Å². The van der Waals surface area contributed by atoms with E-state index in [2.05, 4.69) is 5.10 Å². The van der Waals surface area contributed by atoms with E-state index in [1.807, 2.05) is 6.07 Å². The van der Waals surface area contributed by atoms with Gasteiger partial charge in [0, 0.05) is 32.8 Å². The molecule has 1 aromatic carbocycles. The van der Waals surface area contributed by atoms with Crippen LogP contribution in [-0.4, -0.2) is 23.9 Å². The Balaban J connectivity index is 2.63. The number of aromatic nitrogens is 2. The average Bonchev–Trinajstić information content (AvgIpc) is 2.58. The Kier molecular flexibility index (Phi) is 2.75. The average molecular weight is 234 g/mol. The number of halogens is 1. The molecule has 1 aromatic heterocycles. The summed E-state index contributed by atoms with van der Waals surface area (Å²) < 4.78 is 15.4. The Hall–Kier alpha value is -2.04. The highest BCUT2D eigenvalue weighted by Gasteiger charge is 2.14. The van der Waals surface area contributed by atoms with Crippen molar-refractivity contribution in [3.63, 3.8) is 0 Å². The zero-order valence-corrected chi connectivity index (χ0v) is 10.1. The molecule has 0 atom stereocenters. The monoisotopic (exact) mass is 234 g/mol. The molecule has 2 rings (SSSR count). The summed E-state index contributed by atoms with van der Waals surface area (Å²) in [6, 6.07) is 6.68. The van der Waals surface area contributed by atoms with Gasteiger partial charge in [-0.15, -0.1) is 0 Å². The number of anilines is 2. The van der Waals surface area contributed by atoms with Crippen molar-refractivity contribution in [2.75, 3.05) is 24.7 Å². The third-order valence-corrected chi connectivity index (χ3v) is 2.63. The molecular weight excluding hydrogens is 219 g/mol. The maximum atomic E-state index is 13.8. The van der Waals surface area contributed by atoms with Crippen LogP contribution >= 0.6 is 0 Å². The minimum atomic E-state index is -0.267. The van der Waals surface area contributed by atoms with E-state index in [9.17, 15) is 4.39 Å². The lowest BCUT2D eigenvalue weighted by atomic mass is 10.1. The van der Waals surface area contributed by atoms with Gasteiger partial charge in [0.25, 0.3) is 0 Å². The molecule has 0 bridgehead atoms. The summed E-state index contributed by atoms with van der Waals surface area (Å²) in [5, 5.41) is 4.26. The first kappa shape index (κ1) is 11.4. The Morgan fingerprint density at radius 3 is 2.59 bits per heavy atom. The van der Waals surface area contributed by atoms with E-state index in [-0.39, 0.29) is 5.82 Å². The molecule has 0 aliphatic rings. The molecule has 2 N–H and O–H groups in total. The molecule has 17 heavy (non-hydrogen) atoms. The lowest BCUT2D eigenvalue weighted by molar-refractivity contribution is 0.626. The van der Waals surface area contributed by atoms with Gasteiger partial charge in [-0.3, -0.25) is 4.68 Å². The van der Waals surface area contributed by atoms with Crippen LogP contribution in [0.1, 0.15) is 0 Å². The zero-order chi connectivity index (χ0) is 12.6. The van der Waals surface area contributed by atoms with Gasteiger partial charge < -0.3 is 10.6 Å². The summed E-state index contributed by atoms with van der Waals surface area (Å²) in [6.45, 7) is 0. The number of aryl methyl sites for hydroxylation is 1. The molecule has 1 heterocycles. The Morgan fingerprint density at radius 1 is 1.35 bits per heavy atom. The van der Waals surface area contributed by atoms with E-state index in [1.165, 1.54) is 6.07 Å². The van der Waals surface area contributed by atoms with Gasteiger partial charge in [-0.2, -0.15) is 5.10 Å². The first-order valence-electron chi connectivity index (χ1n) is 5.26. The van der Waals surface area contributed by atoms with Gasteiger partial charge in [0.05, 0.1) is 11.4 Å². The van der Waals surface area contributed by atoms with E-state index in [0.717, 1.165) is 5.56 Å². The number of nitrogens with zero attached hydrogens (tertiary/aromatic N) is 3. The van der Waals surface area contributed by atoms with Crippen LogP contribution in [0.3, 0.4) is 0 Å². The standard InChI is InChI=1S/C12H15FN4/c1-16(2)12-8(5-4-6-9(12)13)10-7-11(14)17(3)15-10/h4-7H,14H2,1-3H3. The first-order valence-corrected chi connectivity index (χ1v) is 5.26. The first-order chi connectivity index (χ1) is 8.00. The molecular formula is C12H15FN4. The Labute approximate surface area is 99.5 Å². The third kappa shape index (κ3) is 1.95. The fraction of sp³-hybridized carbons (Fsp3) is 0.250. The molecule has 4 nitrogen and oxygen atoms in total. The van der Waals surface area contributed by atoms with E-state index < -0.39 is 0 Å². The smallest absolute Gasteiger partial charge is 0.147 e. The van der Waals surface area contributed by atoms with E-state index in [0.29, 0.717) is 17.2 Å². The molecule has 0 spiro atoms. The summed E-state index contributed by atoms with van der Waals surface area (Å²) in [6.07, 6.45) is 0. The van der Waals surface area contributed by atoms with Crippen LogP contribution in [0.5, 0.6) is 0 Å². The minimum absolute atomic E-state index is 0.267. The fourth-order valence-electron chi connectivity index (χ4n) is 1.79. The molecule has 0 amide bonds. The van der Waals surface area contributed by atoms with Crippen molar-refractivity contribution in [1.29, 1.82) is 0 Å². The van der Waals surface area contributed by atoms with Gasteiger partial charge in [-0.25, -0.2) is 4.39 Å². The van der Waals surface area contributed by atoms with Gasteiger partial charge in [0.2, 0.25) is 0 Å². The third-order valence-electron chi connectivity index (χ3n) is 2.63. The van der Waals surface area contributed by atoms with E-state index in [1.54, 1.807) is 42.9 Å². The molecule has 2 aromatic rings. The van der Waals surface area contributed by atoms with Gasteiger partial charge in [-0.05, 0) is 6.07 Å². The zero-order valence-electron chi connectivity index (χ0n) is 10.1. The number of nitrogen functional groups attached to an aromatic ring is 1. The molecule has 0 saturated carbocycles. The number of benzene rings is 1. The largest absolute Gasteiger partial charge is 0.384 e. The normalized spacial score (nSPS) is 10.6. The number of hydrogen-bond acceptors (Lipinski definition) is 3. The number of para-hydroxylation sites is 1. The summed E-state index contributed by atoms with van der Waals surface area (Å²) in [5.74, 6) is 0.283. The van der Waals surface area contributed by atoms with Crippen molar-refractivity contribution in [1.82, 2.24) is 9.78 Å². The fourth-order valence-corrected chi connectivity index (χ4v) is 1.79. The second kappa shape index (κ2) is 4.08. The van der Waals surface area contributed by atoms with Crippen LogP contribution in [0, 0.1) is 5.82 Å². The summed E-state index contributed by atoms with van der Waals surface area (Å²) in [4.78, 5) is 1.73. The molecule has 0 fully saturated rings. The van der Waals surface area contributed by atoms with Gasteiger partial charge in [-0.1, -0.05) is 12.1 Å². The number of hydrogen-bond donors (Lipinski definition) is 1. The highest BCUT2D eigenvalue weighted by atomic mass is 19.1. The van der Waals surface area contributed by atoms with Crippen LogP contribution in [0.4, 0.5) is 15.9 Å². The quantitative estimate of drug-likeness (QED) is 0.863. The number of nitrogens with two attached hydrogens (primary N) is 1.